The van der Waals surface area contributed by atoms with Crippen LogP contribution < -0.4 is 10.1 Å². The molecule has 1 aromatic rings. The van der Waals surface area contributed by atoms with E-state index in [-0.39, 0.29) is 28.2 Å². The number of morpholine rings is 1. The number of rotatable bonds is 9. The fourth-order valence-electron chi connectivity index (χ4n) is 3.39. The average molecular weight is 446 g/mol. The molecule has 1 N–H and O–H groups in total. The van der Waals surface area contributed by atoms with Crippen LogP contribution in [-0.4, -0.2) is 82.6 Å². The van der Waals surface area contributed by atoms with Crippen LogP contribution in [0.15, 0.2) is 23.1 Å². The van der Waals surface area contributed by atoms with Crippen molar-refractivity contribution in [2.75, 3.05) is 59.1 Å². The number of hydrogen-bond donors (Lipinski definition) is 1. The Morgan fingerprint density at radius 3 is 2.59 bits per heavy atom. The molecule has 2 saturated heterocycles. The Labute approximate surface area is 177 Å². The van der Waals surface area contributed by atoms with Crippen LogP contribution in [0, 0.1) is 0 Å². The van der Waals surface area contributed by atoms with Gasteiger partial charge in [0.2, 0.25) is 10.0 Å². The molecule has 10 heteroatoms. The molecule has 2 aliphatic rings. The van der Waals surface area contributed by atoms with Crippen LogP contribution in [0.4, 0.5) is 0 Å². The van der Waals surface area contributed by atoms with E-state index < -0.39 is 10.0 Å². The Bertz CT molecular complexity index is 793. The first-order chi connectivity index (χ1) is 14.0. The lowest BCUT2D eigenvalue weighted by atomic mass is 10.3. The van der Waals surface area contributed by atoms with Crippen molar-refractivity contribution >= 4 is 27.5 Å². The molecule has 0 radical (unpaired) electrons. The first-order valence-electron chi connectivity index (χ1n) is 9.96. The maximum atomic E-state index is 12.6. The Hall–Kier alpha value is -1.39. The highest BCUT2D eigenvalue weighted by Crippen LogP contribution is 2.29. The molecule has 0 atom stereocenters. The zero-order valence-corrected chi connectivity index (χ0v) is 18.0. The summed E-state index contributed by atoms with van der Waals surface area (Å²) in [6, 6.07) is 4.34. The summed E-state index contributed by atoms with van der Waals surface area (Å²) in [6.07, 6.45) is 2.60. The topological polar surface area (TPSA) is 88.2 Å². The molecule has 162 valence electrons. The zero-order chi connectivity index (χ0) is 20.7. The lowest BCUT2D eigenvalue weighted by Crippen LogP contribution is -2.38. The van der Waals surface area contributed by atoms with Crippen LogP contribution in [0.1, 0.15) is 19.3 Å². The van der Waals surface area contributed by atoms with Gasteiger partial charge in [0.15, 0.2) is 6.61 Å². The minimum atomic E-state index is -3.53. The molecule has 0 saturated carbocycles. The number of nitrogens with one attached hydrogen (secondary N) is 1. The SMILES string of the molecule is O=C(COc1ccc(S(=O)(=O)N2CCCC2)cc1Cl)NCCCN1CCOCC1. The summed E-state index contributed by atoms with van der Waals surface area (Å²) in [5.41, 5.74) is 0. The van der Waals surface area contributed by atoms with Crippen molar-refractivity contribution in [2.45, 2.75) is 24.2 Å². The number of carbonyl (C=O) groups excluding carboxylic acids is 1. The third-order valence-electron chi connectivity index (χ3n) is 5.04. The first kappa shape index (κ1) is 22.3. The molecule has 0 aromatic heterocycles. The van der Waals surface area contributed by atoms with Crippen LogP contribution >= 0.6 is 11.6 Å². The van der Waals surface area contributed by atoms with Gasteiger partial charge in [-0.05, 0) is 44.0 Å². The number of sulfonamides is 1. The molecule has 2 fully saturated rings. The van der Waals surface area contributed by atoms with Gasteiger partial charge >= 0.3 is 0 Å². The third kappa shape index (κ3) is 6.29. The minimum Gasteiger partial charge on any atom is -0.482 e. The Balaban J connectivity index is 1.42. The number of amides is 1. The molecule has 1 amide bonds. The summed E-state index contributed by atoms with van der Waals surface area (Å²) in [5, 5.41) is 2.99. The smallest absolute Gasteiger partial charge is 0.257 e. The van der Waals surface area contributed by atoms with E-state index in [2.05, 4.69) is 10.2 Å². The Kier molecular flexibility index (Phi) is 8.14. The average Bonchev–Trinajstić information content (AvgIpc) is 3.27. The van der Waals surface area contributed by atoms with Crippen LogP contribution in [0.2, 0.25) is 5.02 Å². The number of hydrogen-bond acceptors (Lipinski definition) is 6. The van der Waals surface area contributed by atoms with Gasteiger partial charge in [-0.2, -0.15) is 4.31 Å². The van der Waals surface area contributed by atoms with E-state index in [1.165, 1.54) is 22.5 Å². The normalized spacial score (nSPS) is 18.7. The van der Waals surface area contributed by atoms with E-state index in [0.717, 1.165) is 52.1 Å². The highest BCUT2D eigenvalue weighted by Gasteiger charge is 2.27. The molecule has 29 heavy (non-hydrogen) atoms. The van der Waals surface area contributed by atoms with Gasteiger partial charge in [0.25, 0.3) is 5.91 Å². The monoisotopic (exact) mass is 445 g/mol. The second-order valence-electron chi connectivity index (χ2n) is 7.15. The van der Waals surface area contributed by atoms with E-state index >= 15 is 0 Å². The van der Waals surface area contributed by atoms with Crippen molar-refractivity contribution in [2.24, 2.45) is 0 Å². The van der Waals surface area contributed by atoms with Crippen molar-refractivity contribution in [1.29, 1.82) is 0 Å². The summed E-state index contributed by atoms with van der Waals surface area (Å²) in [5.74, 6) is 0.0484. The number of carbonyl (C=O) groups is 1. The van der Waals surface area contributed by atoms with Crippen molar-refractivity contribution in [3.63, 3.8) is 0 Å². The number of nitrogens with zero attached hydrogens (tertiary/aromatic N) is 2. The lowest BCUT2D eigenvalue weighted by Gasteiger charge is -2.26. The summed E-state index contributed by atoms with van der Waals surface area (Å²) in [7, 11) is -3.53. The van der Waals surface area contributed by atoms with E-state index in [0.29, 0.717) is 19.6 Å². The predicted molar refractivity (Wildman–Crippen MR) is 110 cm³/mol. The number of benzene rings is 1. The fraction of sp³-hybridized carbons (Fsp3) is 0.632. The molecule has 0 unspecified atom stereocenters. The largest absolute Gasteiger partial charge is 0.482 e. The minimum absolute atomic E-state index is 0.143. The summed E-state index contributed by atoms with van der Waals surface area (Å²) in [6.45, 7) is 5.77. The van der Waals surface area contributed by atoms with Crippen LogP contribution in [0.3, 0.4) is 0 Å². The standard InChI is InChI=1S/C19H28ClN3O5S/c20-17-14-16(29(25,26)23-8-1-2-9-23)4-5-18(17)28-15-19(24)21-6-3-7-22-10-12-27-13-11-22/h4-5,14H,1-3,6-13,15H2,(H,21,24). The maximum absolute atomic E-state index is 12.6. The maximum Gasteiger partial charge on any atom is 0.257 e. The van der Waals surface area contributed by atoms with Gasteiger partial charge in [-0.3, -0.25) is 9.69 Å². The Morgan fingerprint density at radius 1 is 1.17 bits per heavy atom. The summed E-state index contributed by atoms with van der Waals surface area (Å²) in [4.78, 5) is 14.4. The highest BCUT2D eigenvalue weighted by molar-refractivity contribution is 7.89. The van der Waals surface area contributed by atoms with E-state index in [1.54, 1.807) is 0 Å². The van der Waals surface area contributed by atoms with Crippen molar-refractivity contribution in [1.82, 2.24) is 14.5 Å². The van der Waals surface area contributed by atoms with Gasteiger partial charge in [0.05, 0.1) is 23.1 Å². The molecule has 1 aromatic carbocycles. The number of halogens is 1. The first-order valence-corrected chi connectivity index (χ1v) is 11.8. The van der Waals surface area contributed by atoms with Gasteiger partial charge in [-0.25, -0.2) is 8.42 Å². The van der Waals surface area contributed by atoms with E-state index in [4.69, 9.17) is 21.1 Å². The molecule has 0 aliphatic carbocycles. The summed E-state index contributed by atoms with van der Waals surface area (Å²) >= 11 is 6.18. The Morgan fingerprint density at radius 2 is 1.90 bits per heavy atom. The van der Waals surface area contributed by atoms with Crippen LogP contribution in [-0.2, 0) is 19.6 Å². The zero-order valence-electron chi connectivity index (χ0n) is 16.4. The molecule has 2 aliphatic heterocycles. The van der Waals surface area contributed by atoms with Crippen molar-refractivity contribution < 1.29 is 22.7 Å². The lowest BCUT2D eigenvalue weighted by molar-refractivity contribution is -0.123. The van der Waals surface area contributed by atoms with Crippen LogP contribution in [0.25, 0.3) is 0 Å². The van der Waals surface area contributed by atoms with E-state index in [1.807, 2.05) is 0 Å². The van der Waals surface area contributed by atoms with E-state index in [9.17, 15) is 13.2 Å². The summed E-state index contributed by atoms with van der Waals surface area (Å²) < 4.78 is 37.4. The molecule has 0 spiro atoms. The van der Waals surface area contributed by atoms with Gasteiger partial charge in [-0.15, -0.1) is 0 Å². The van der Waals surface area contributed by atoms with Crippen LogP contribution in [0.5, 0.6) is 5.75 Å². The van der Waals surface area contributed by atoms with Gasteiger partial charge in [-0.1, -0.05) is 11.6 Å². The second-order valence-corrected chi connectivity index (χ2v) is 9.49. The van der Waals surface area contributed by atoms with Crippen molar-refractivity contribution in [3.8, 4) is 5.75 Å². The quantitative estimate of drug-likeness (QED) is 0.577. The molecular formula is C19H28ClN3O5S. The fourth-order valence-corrected chi connectivity index (χ4v) is 5.23. The molecular weight excluding hydrogens is 418 g/mol. The second kappa shape index (κ2) is 10.6. The third-order valence-corrected chi connectivity index (χ3v) is 7.23. The molecule has 0 bridgehead atoms. The highest BCUT2D eigenvalue weighted by atomic mass is 35.5. The predicted octanol–water partition coefficient (Wildman–Crippen LogP) is 1.34. The molecule has 8 nitrogen and oxygen atoms in total. The number of ether oxygens (including phenoxy) is 2. The van der Waals surface area contributed by atoms with Gasteiger partial charge < -0.3 is 14.8 Å². The molecule has 3 rings (SSSR count). The van der Waals surface area contributed by atoms with Gasteiger partial charge in [0.1, 0.15) is 5.75 Å². The van der Waals surface area contributed by atoms with Crippen molar-refractivity contribution in [3.05, 3.63) is 23.2 Å². The molecule has 2 heterocycles. The van der Waals surface area contributed by atoms with Gasteiger partial charge in [0, 0.05) is 32.7 Å².